The summed E-state index contributed by atoms with van der Waals surface area (Å²) < 4.78 is 0. The molecule has 1 heterocycles. The molecule has 1 aliphatic heterocycles. The standard InChI is InChI=1S/C18H14ClN3O2/c19-15-10-14(6-7-16(15)22-8-2-5-17(22)23)21-18(24)13-4-1-3-12(9-13)11-20/h1,3-4,6-7,9-10H,2,5,8H2,(H,21,24). The summed E-state index contributed by atoms with van der Waals surface area (Å²) in [5.41, 5.74) is 2.00. The molecule has 2 aromatic carbocycles. The number of rotatable bonds is 3. The van der Waals surface area contributed by atoms with Crippen LogP contribution in [0.2, 0.25) is 5.02 Å². The van der Waals surface area contributed by atoms with Gasteiger partial charge in [-0.15, -0.1) is 0 Å². The van der Waals surface area contributed by atoms with E-state index in [0.29, 0.717) is 40.5 Å². The maximum atomic E-state index is 12.3. The van der Waals surface area contributed by atoms with Crippen LogP contribution in [0.5, 0.6) is 0 Å². The lowest BCUT2D eigenvalue weighted by atomic mass is 10.1. The molecule has 1 N–H and O–H groups in total. The van der Waals surface area contributed by atoms with Gasteiger partial charge in [0, 0.05) is 24.2 Å². The maximum Gasteiger partial charge on any atom is 0.255 e. The summed E-state index contributed by atoms with van der Waals surface area (Å²) in [6.07, 6.45) is 1.35. The molecule has 0 aromatic heterocycles. The summed E-state index contributed by atoms with van der Waals surface area (Å²) in [6, 6.07) is 13.5. The zero-order valence-electron chi connectivity index (χ0n) is 12.8. The van der Waals surface area contributed by atoms with Crippen LogP contribution in [0, 0.1) is 11.3 Å². The Morgan fingerprint density at radius 3 is 2.75 bits per heavy atom. The van der Waals surface area contributed by atoms with Crippen molar-refractivity contribution in [2.75, 3.05) is 16.8 Å². The lowest BCUT2D eigenvalue weighted by Gasteiger charge is -2.18. The first-order valence-electron chi connectivity index (χ1n) is 7.50. The van der Waals surface area contributed by atoms with Gasteiger partial charge in [0.25, 0.3) is 5.91 Å². The molecule has 0 atom stereocenters. The van der Waals surface area contributed by atoms with Gasteiger partial charge in [-0.2, -0.15) is 5.26 Å². The van der Waals surface area contributed by atoms with Crippen LogP contribution in [0.3, 0.4) is 0 Å². The molecule has 2 aromatic rings. The quantitative estimate of drug-likeness (QED) is 0.928. The van der Waals surface area contributed by atoms with Crippen molar-refractivity contribution in [2.24, 2.45) is 0 Å². The van der Waals surface area contributed by atoms with Crippen LogP contribution in [-0.4, -0.2) is 18.4 Å². The lowest BCUT2D eigenvalue weighted by molar-refractivity contribution is -0.117. The van der Waals surface area contributed by atoms with E-state index in [4.69, 9.17) is 16.9 Å². The van der Waals surface area contributed by atoms with Gasteiger partial charge in [0.15, 0.2) is 0 Å². The molecule has 120 valence electrons. The zero-order chi connectivity index (χ0) is 17.1. The highest BCUT2D eigenvalue weighted by Gasteiger charge is 2.23. The number of halogens is 1. The number of amides is 2. The summed E-state index contributed by atoms with van der Waals surface area (Å²) in [4.78, 5) is 25.7. The summed E-state index contributed by atoms with van der Waals surface area (Å²) in [6.45, 7) is 0.658. The van der Waals surface area contributed by atoms with Gasteiger partial charge in [-0.1, -0.05) is 17.7 Å². The van der Waals surface area contributed by atoms with E-state index in [0.717, 1.165) is 6.42 Å². The van der Waals surface area contributed by atoms with Crippen molar-refractivity contribution >= 4 is 34.8 Å². The highest BCUT2D eigenvalue weighted by Crippen LogP contribution is 2.31. The minimum absolute atomic E-state index is 0.0574. The number of carbonyl (C=O) groups is 2. The van der Waals surface area contributed by atoms with Gasteiger partial charge < -0.3 is 10.2 Å². The molecule has 0 spiro atoms. The van der Waals surface area contributed by atoms with Crippen molar-refractivity contribution < 1.29 is 9.59 Å². The molecule has 0 radical (unpaired) electrons. The first-order chi connectivity index (χ1) is 11.6. The van der Waals surface area contributed by atoms with E-state index in [1.54, 1.807) is 41.3 Å². The van der Waals surface area contributed by atoms with Crippen molar-refractivity contribution in [1.29, 1.82) is 5.26 Å². The van der Waals surface area contributed by atoms with E-state index < -0.39 is 0 Å². The van der Waals surface area contributed by atoms with Crippen LogP contribution in [-0.2, 0) is 4.79 Å². The Labute approximate surface area is 144 Å². The fourth-order valence-corrected chi connectivity index (χ4v) is 2.92. The minimum Gasteiger partial charge on any atom is -0.322 e. The summed E-state index contributed by atoms with van der Waals surface area (Å²) in [5.74, 6) is -0.268. The molecule has 1 aliphatic rings. The van der Waals surface area contributed by atoms with E-state index in [9.17, 15) is 9.59 Å². The summed E-state index contributed by atoms with van der Waals surface area (Å²) >= 11 is 6.26. The normalized spacial score (nSPS) is 13.7. The number of nitriles is 1. The van der Waals surface area contributed by atoms with Gasteiger partial charge in [0.1, 0.15) is 0 Å². The van der Waals surface area contributed by atoms with Gasteiger partial charge in [0.05, 0.1) is 22.3 Å². The molecule has 5 nitrogen and oxygen atoms in total. The predicted octanol–water partition coefficient (Wildman–Crippen LogP) is 3.59. The Hall–Kier alpha value is -2.84. The van der Waals surface area contributed by atoms with Gasteiger partial charge in [0.2, 0.25) is 5.91 Å². The van der Waals surface area contributed by atoms with Crippen molar-refractivity contribution in [3.05, 3.63) is 58.6 Å². The highest BCUT2D eigenvalue weighted by atomic mass is 35.5. The smallest absolute Gasteiger partial charge is 0.255 e. The van der Waals surface area contributed by atoms with Crippen LogP contribution < -0.4 is 10.2 Å². The molecule has 3 rings (SSSR count). The Kier molecular flexibility index (Phi) is 4.50. The second kappa shape index (κ2) is 6.73. The molecular formula is C18H14ClN3O2. The Morgan fingerprint density at radius 2 is 2.08 bits per heavy atom. The number of benzene rings is 2. The molecular weight excluding hydrogens is 326 g/mol. The van der Waals surface area contributed by atoms with E-state index in [-0.39, 0.29) is 11.8 Å². The van der Waals surface area contributed by atoms with E-state index >= 15 is 0 Å². The van der Waals surface area contributed by atoms with Crippen LogP contribution in [0.4, 0.5) is 11.4 Å². The average Bonchev–Trinajstić information content (AvgIpc) is 3.01. The third-order valence-corrected chi connectivity index (χ3v) is 4.13. The molecule has 1 fully saturated rings. The number of anilines is 2. The topological polar surface area (TPSA) is 73.2 Å². The van der Waals surface area contributed by atoms with Crippen molar-refractivity contribution in [3.63, 3.8) is 0 Å². The molecule has 1 saturated heterocycles. The summed E-state index contributed by atoms with van der Waals surface area (Å²) in [7, 11) is 0. The zero-order valence-corrected chi connectivity index (χ0v) is 13.5. The Morgan fingerprint density at radius 1 is 1.25 bits per heavy atom. The third kappa shape index (κ3) is 3.24. The fraction of sp³-hybridized carbons (Fsp3) is 0.167. The van der Waals surface area contributed by atoms with Crippen molar-refractivity contribution in [1.82, 2.24) is 0 Å². The Balaban J connectivity index is 1.78. The summed E-state index contributed by atoms with van der Waals surface area (Å²) in [5, 5.41) is 12.0. The minimum atomic E-state index is -0.326. The lowest BCUT2D eigenvalue weighted by Crippen LogP contribution is -2.24. The van der Waals surface area contributed by atoms with Crippen LogP contribution in [0.15, 0.2) is 42.5 Å². The van der Waals surface area contributed by atoms with Crippen LogP contribution >= 0.6 is 11.6 Å². The van der Waals surface area contributed by atoms with Gasteiger partial charge >= 0.3 is 0 Å². The number of carbonyl (C=O) groups excluding carboxylic acids is 2. The van der Waals surface area contributed by atoms with Crippen LogP contribution in [0.25, 0.3) is 0 Å². The molecule has 0 bridgehead atoms. The van der Waals surface area contributed by atoms with Crippen molar-refractivity contribution in [3.8, 4) is 6.07 Å². The fourth-order valence-electron chi connectivity index (χ4n) is 2.64. The average molecular weight is 340 g/mol. The number of hydrogen-bond donors (Lipinski definition) is 1. The van der Waals surface area contributed by atoms with Gasteiger partial charge in [-0.05, 0) is 42.8 Å². The Bertz CT molecular complexity index is 858. The molecule has 0 unspecified atom stereocenters. The molecule has 2 amide bonds. The van der Waals surface area contributed by atoms with E-state index in [1.165, 1.54) is 6.07 Å². The van der Waals surface area contributed by atoms with Gasteiger partial charge in [-0.3, -0.25) is 9.59 Å². The van der Waals surface area contributed by atoms with E-state index in [1.807, 2.05) is 6.07 Å². The van der Waals surface area contributed by atoms with E-state index in [2.05, 4.69) is 5.32 Å². The first-order valence-corrected chi connectivity index (χ1v) is 7.88. The molecule has 0 aliphatic carbocycles. The van der Waals surface area contributed by atoms with Crippen LogP contribution in [0.1, 0.15) is 28.8 Å². The third-order valence-electron chi connectivity index (χ3n) is 3.82. The number of nitrogens with zero attached hydrogens (tertiary/aromatic N) is 2. The first kappa shape index (κ1) is 16.0. The second-order valence-electron chi connectivity index (χ2n) is 5.46. The monoisotopic (exact) mass is 339 g/mol. The SMILES string of the molecule is N#Cc1cccc(C(=O)Nc2ccc(N3CCCC3=O)c(Cl)c2)c1. The largest absolute Gasteiger partial charge is 0.322 e. The van der Waals surface area contributed by atoms with Gasteiger partial charge in [-0.25, -0.2) is 0 Å². The number of nitrogens with one attached hydrogen (secondary N) is 1. The maximum absolute atomic E-state index is 12.3. The molecule has 0 saturated carbocycles. The molecule has 6 heteroatoms. The predicted molar refractivity (Wildman–Crippen MR) is 92.1 cm³/mol. The molecule has 24 heavy (non-hydrogen) atoms. The van der Waals surface area contributed by atoms with Crippen molar-refractivity contribution in [2.45, 2.75) is 12.8 Å². The number of hydrogen-bond acceptors (Lipinski definition) is 3. The second-order valence-corrected chi connectivity index (χ2v) is 5.87. The highest BCUT2D eigenvalue weighted by molar-refractivity contribution is 6.34.